The monoisotopic (exact) mass is 214 g/mol. The van der Waals surface area contributed by atoms with Gasteiger partial charge >= 0.3 is 0 Å². The molecule has 0 bridgehead atoms. The van der Waals surface area contributed by atoms with Gasteiger partial charge in [0.1, 0.15) is 18.5 Å². The van der Waals surface area contributed by atoms with E-state index >= 15 is 0 Å². The average Bonchev–Trinajstić information content (AvgIpc) is 2.49. The molecule has 1 unspecified atom stereocenters. The Morgan fingerprint density at radius 1 is 1.25 bits per heavy atom. The number of hydrogen-bond acceptors (Lipinski definition) is 3. The van der Waals surface area contributed by atoms with E-state index < -0.39 is 0 Å². The molecule has 2 aliphatic rings. The average molecular weight is 214 g/mol. The van der Waals surface area contributed by atoms with Crippen LogP contribution in [0.5, 0.6) is 5.75 Å². The predicted octanol–water partition coefficient (Wildman–Crippen LogP) is 1.94. The van der Waals surface area contributed by atoms with E-state index in [1.807, 2.05) is 30.3 Å². The SMILES string of the molecule is O=C1COC=CC2Oc3ccccc3C=C12. The second-order valence-corrected chi connectivity index (χ2v) is 3.74. The summed E-state index contributed by atoms with van der Waals surface area (Å²) >= 11 is 0. The number of benzene rings is 1. The molecule has 1 aromatic carbocycles. The number of rotatable bonds is 0. The lowest BCUT2D eigenvalue weighted by atomic mass is 9.99. The van der Waals surface area contributed by atoms with Gasteiger partial charge in [0.2, 0.25) is 0 Å². The molecule has 16 heavy (non-hydrogen) atoms. The van der Waals surface area contributed by atoms with Gasteiger partial charge in [-0.15, -0.1) is 0 Å². The van der Waals surface area contributed by atoms with Crippen molar-refractivity contribution in [1.82, 2.24) is 0 Å². The van der Waals surface area contributed by atoms with E-state index in [1.165, 1.54) is 6.26 Å². The molecular formula is C13H10O3. The van der Waals surface area contributed by atoms with E-state index in [4.69, 9.17) is 9.47 Å². The summed E-state index contributed by atoms with van der Waals surface area (Å²) in [7, 11) is 0. The summed E-state index contributed by atoms with van der Waals surface area (Å²) in [6.07, 6.45) is 4.85. The minimum atomic E-state index is -0.315. The van der Waals surface area contributed by atoms with E-state index in [0.717, 1.165) is 11.3 Å². The molecule has 80 valence electrons. The molecule has 0 radical (unpaired) electrons. The van der Waals surface area contributed by atoms with Crippen molar-refractivity contribution in [3.05, 3.63) is 47.7 Å². The molecular weight excluding hydrogens is 204 g/mol. The Morgan fingerprint density at radius 3 is 3.06 bits per heavy atom. The Morgan fingerprint density at radius 2 is 2.12 bits per heavy atom. The molecule has 0 amide bonds. The molecule has 0 N–H and O–H groups in total. The highest BCUT2D eigenvalue weighted by Gasteiger charge is 2.27. The number of ketones is 1. The van der Waals surface area contributed by atoms with Crippen molar-refractivity contribution in [3.8, 4) is 5.75 Å². The standard InChI is InChI=1S/C13H10O3/c14-11-8-15-6-5-13-10(11)7-9-3-1-2-4-12(9)16-13/h1-7,13H,8H2. The van der Waals surface area contributed by atoms with Crippen molar-refractivity contribution in [2.45, 2.75) is 6.10 Å². The van der Waals surface area contributed by atoms with Gasteiger partial charge in [-0.1, -0.05) is 18.2 Å². The van der Waals surface area contributed by atoms with E-state index in [-0.39, 0.29) is 18.5 Å². The molecule has 2 heterocycles. The summed E-state index contributed by atoms with van der Waals surface area (Å²) in [5, 5.41) is 0. The molecule has 1 atom stereocenters. The molecule has 0 fully saturated rings. The summed E-state index contributed by atoms with van der Waals surface area (Å²) in [6.45, 7) is 0.0877. The van der Waals surface area contributed by atoms with Crippen LogP contribution in [0.15, 0.2) is 42.2 Å². The molecule has 0 aliphatic carbocycles. The number of carbonyl (C=O) groups excluding carboxylic acids is 1. The van der Waals surface area contributed by atoms with E-state index in [1.54, 1.807) is 6.08 Å². The van der Waals surface area contributed by atoms with Crippen molar-refractivity contribution in [3.63, 3.8) is 0 Å². The first-order valence-electron chi connectivity index (χ1n) is 5.13. The van der Waals surface area contributed by atoms with Crippen LogP contribution in [0.4, 0.5) is 0 Å². The highest BCUT2D eigenvalue weighted by atomic mass is 16.5. The fraction of sp³-hybridized carbons (Fsp3) is 0.154. The summed E-state index contributed by atoms with van der Waals surface area (Å²) in [5.74, 6) is 0.778. The fourth-order valence-corrected chi connectivity index (χ4v) is 1.87. The molecule has 3 rings (SSSR count). The first-order valence-corrected chi connectivity index (χ1v) is 5.13. The van der Waals surface area contributed by atoms with Crippen LogP contribution in [0.25, 0.3) is 6.08 Å². The number of Topliss-reactive ketones (excluding diaryl/α,β-unsaturated/α-hetero) is 1. The molecule has 1 aromatic rings. The van der Waals surface area contributed by atoms with E-state index in [0.29, 0.717) is 5.57 Å². The van der Waals surface area contributed by atoms with Gasteiger partial charge < -0.3 is 9.47 Å². The van der Waals surface area contributed by atoms with Gasteiger partial charge in [0.15, 0.2) is 5.78 Å². The van der Waals surface area contributed by atoms with Crippen LogP contribution >= 0.6 is 0 Å². The normalized spacial score (nSPS) is 22.1. The summed E-state index contributed by atoms with van der Waals surface area (Å²) < 4.78 is 10.8. The van der Waals surface area contributed by atoms with Crippen LogP contribution in [-0.4, -0.2) is 18.5 Å². The maximum absolute atomic E-state index is 11.7. The van der Waals surface area contributed by atoms with Crippen LogP contribution in [-0.2, 0) is 9.53 Å². The topological polar surface area (TPSA) is 35.5 Å². The van der Waals surface area contributed by atoms with Crippen molar-refractivity contribution in [1.29, 1.82) is 0 Å². The molecule has 2 aliphatic heterocycles. The van der Waals surface area contributed by atoms with Gasteiger partial charge in [-0.25, -0.2) is 0 Å². The lowest BCUT2D eigenvalue weighted by molar-refractivity contribution is -0.118. The molecule has 3 nitrogen and oxygen atoms in total. The first-order chi connectivity index (χ1) is 7.84. The number of hydrogen-bond donors (Lipinski definition) is 0. The Hall–Kier alpha value is -2.03. The van der Waals surface area contributed by atoms with Gasteiger partial charge in [0, 0.05) is 11.1 Å². The lowest BCUT2D eigenvalue weighted by Gasteiger charge is -2.22. The minimum absolute atomic E-state index is 0.0236. The van der Waals surface area contributed by atoms with Gasteiger partial charge in [0.05, 0.1) is 6.26 Å². The fourth-order valence-electron chi connectivity index (χ4n) is 1.87. The zero-order valence-corrected chi connectivity index (χ0v) is 8.55. The third kappa shape index (κ3) is 1.41. The van der Waals surface area contributed by atoms with Gasteiger partial charge in [-0.3, -0.25) is 4.79 Å². The highest BCUT2D eigenvalue weighted by Crippen LogP contribution is 2.30. The number of fused-ring (bicyclic) bond motifs is 2. The summed E-state index contributed by atoms with van der Waals surface area (Å²) in [6, 6.07) is 7.66. The molecule has 0 saturated carbocycles. The zero-order valence-electron chi connectivity index (χ0n) is 8.55. The maximum Gasteiger partial charge on any atom is 0.200 e. The Kier molecular flexibility index (Phi) is 2.03. The van der Waals surface area contributed by atoms with Crippen LogP contribution in [0.2, 0.25) is 0 Å². The Balaban J connectivity index is 2.11. The minimum Gasteiger partial charge on any atom is -0.493 e. The molecule has 0 saturated heterocycles. The second-order valence-electron chi connectivity index (χ2n) is 3.74. The highest BCUT2D eigenvalue weighted by molar-refractivity contribution is 6.03. The van der Waals surface area contributed by atoms with E-state index in [9.17, 15) is 4.79 Å². The molecule has 0 spiro atoms. The lowest BCUT2D eigenvalue weighted by Crippen LogP contribution is -2.25. The van der Waals surface area contributed by atoms with Crippen LogP contribution in [0, 0.1) is 0 Å². The van der Waals surface area contributed by atoms with Gasteiger partial charge in [-0.05, 0) is 18.2 Å². The third-order valence-electron chi connectivity index (χ3n) is 2.68. The number of ether oxygens (including phenoxy) is 2. The molecule has 0 aromatic heterocycles. The Labute approximate surface area is 93.0 Å². The van der Waals surface area contributed by atoms with E-state index in [2.05, 4.69) is 0 Å². The Bertz CT molecular complexity index is 500. The van der Waals surface area contributed by atoms with Gasteiger partial charge in [-0.2, -0.15) is 0 Å². The largest absolute Gasteiger partial charge is 0.493 e. The van der Waals surface area contributed by atoms with Gasteiger partial charge in [0.25, 0.3) is 0 Å². The number of para-hydroxylation sites is 1. The maximum atomic E-state index is 11.7. The summed E-state index contributed by atoms with van der Waals surface area (Å²) in [5.41, 5.74) is 1.60. The van der Waals surface area contributed by atoms with Crippen LogP contribution in [0.3, 0.4) is 0 Å². The van der Waals surface area contributed by atoms with Crippen molar-refractivity contribution < 1.29 is 14.3 Å². The van der Waals surface area contributed by atoms with Crippen molar-refractivity contribution >= 4 is 11.9 Å². The third-order valence-corrected chi connectivity index (χ3v) is 2.68. The quantitative estimate of drug-likeness (QED) is 0.662. The molecule has 3 heteroatoms. The second kappa shape index (κ2) is 3.52. The smallest absolute Gasteiger partial charge is 0.200 e. The zero-order chi connectivity index (χ0) is 11.0. The first kappa shape index (κ1) is 9.21. The van der Waals surface area contributed by atoms with Crippen LogP contribution in [0.1, 0.15) is 5.56 Å². The predicted molar refractivity (Wildman–Crippen MR) is 58.9 cm³/mol. The number of carbonyl (C=O) groups is 1. The van der Waals surface area contributed by atoms with Crippen molar-refractivity contribution in [2.75, 3.05) is 6.61 Å². The van der Waals surface area contributed by atoms with Crippen molar-refractivity contribution in [2.24, 2.45) is 0 Å². The summed E-state index contributed by atoms with van der Waals surface area (Å²) in [4.78, 5) is 11.7. The van der Waals surface area contributed by atoms with Crippen LogP contribution < -0.4 is 4.74 Å².